The molecule has 0 heterocycles. The molecule has 1 rings (SSSR count). The average Bonchev–Trinajstić information content (AvgIpc) is 2.28. The van der Waals surface area contributed by atoms with Crippen LogP contribution in [0.15, 0.2) is 11.6 Å². The molecule has 0 aromatic carbocycles. The Balaban J connectivity index is 2.43. The van der Waals surface area contributed by atoms with Crippen LogP contribution in [0.25, 0.3) is 0 Å². The normalized spacial score (nSPS) is 22.8. The Morgan fingerprint density at radius 1 is 1.50 bits per heavy atom. The van der Waals surface area contributed by atoms with Gasteiger partial charge in [0.1, 0.15) is 0 Å². The molecular formula is C14H24O2. The quantitative estimate of drug-likeness (QED) is 0.539. The molecule has 2 nitrogen and oxygen atoms in total. The van der Waals surface area contributed by atoms with Gasteiger partial charge in [0.2, 0.25) is 0 Å². The zero-order valence-corrected chi connectivity index (χ0v) is 11.0. The SMILES string of the molecule is COC(=O)[C@H](C)CC1=CC[C@@H](C(C)C)CC1. The lowest BCUT2D eigenvalue weighted by atomic mass is 9.80. The lowest BCUT2D eigenvalue weighted by Crippen LogP contribution is -2.16. The van der Waals surface area contributed by atoms with Gasteiger partial charge in [-0.05, 0) is 37.5 Å². The number of methoxy groups -OCH3 is 1. The predicted octanol–water partition coefficient (Wildman–Crippen LogP) is 3.57. The Bertz CT molecular complexity index is 266. The van der Waals surface area contributed by atoms with E-state index in [1.807, 2.05) is 6.92 Å². The molecule has 1 aliphatic rings. The number of carbonyl (C=O) groups excluding carboxylic acids is 1. The van der Waals surface area contributed by atoms with Crippen LogP contribution in [0.2, 0.25) is 0 Å². The first-order chi connectivity index (χ1) is 7.54. The standard InChI is InChI=1S/C14H24O2/c1-10(2)13-7-5-12(6-8-13)9-11(3)14(15)16-4/h5,10-11,13H,6-9H2,1-4H3/t11-,13-/m1/s1. The van der Waals surface area contributed by atoms with Gasteiger partial charge in [0.15, 0.2) is 0 Å². The highest BCUT2D eigenvalue weighted by Crippen LogP contribution is 2.31. The molecule has 0 saturated carbocycles. The third-order valence-electron chi connectivity index (χ3n) is 3.66. The van der Waals surface area contributed by atoms with Gasteiger partial charge < -0.3 is 4.74 Å². The van der Waals surface area contributed by atoms with E-state index in [2.05, 4.69) is 19.9 Å². The second kappa shape index (κ2) is 6.07. The van der Waals surface area contributed by atoms with Crippen molar-refractivity contribution in [3.05, 3.63) is 11.6 Å². The predicted molar refractivity (Wildman–Crippen MR) is 66.1 cm³/mol. The summed E-state index contributed by atoms with van der Waals surface area (Å²) in [5.74, 6) is 1.52. The van der Waals surface area contributed by atoms with E-state index in [9.17, 15) is 4.79 Å². The molecule has 0 amide bonds. The van der Waals surface area contributed by atoms with Gasteiger partial charge in [-0.2, -0.15) is 0 Å². The highest BCUT2D eigenvalue weighted by Gasteiger charge is 2.20. The van der Waals surface area contributed by atoms with Crippen molar-refractivity contribution in [1.82, 2.24) is 0 Å². The van der Waals surface area contributed by atoms with Crippen molar-refractivity contribution < 1.29 is 9.53 Å². The molecule has 0 aromatic heterocycles. The highest BCUT2D eigenvalue weighted by atomic mass is 16.5. The average molecular weight is 224 g/mol. The lowest BCUT2D eigenvalue weighted by molar-refractivity contribution is -0.144. The van der Waals surface area contributed by atoms with Crippen LogP contribution in [0.4, 0.5) is 0 Å². The number of ether oxygens (including phenoxy) is 1. The minimum atomic E-state index is -0.0908. The molecule has 2 heteroatoms. The van der Waals surface area contributed by atoms with Crippen LogP contribution < -0.4 is 0 Å². The number of carbonyl (C=O) groups is 1. The third-order valence-corrected chi connectivity index (χ3v) is 3.66. The molecule has 0 saturated heterocycles. The van der Waals surface area contributed by atoms with Crippen molar-refractivity contribution in [2.24, 2.45) is 17.8 Å². The van der Waals surface area contributed by atoms with Gasteiger partial charge >= 0.3 is 5.97 Å². The maximum Gasteiger partial charge on any atom is 0.308 e. The van der Waals surface area contributed by atoms with Gasteiger partial charge in [-0.15, -0.1) is 0 Å². The van der Waals surface area contributed by atoms with Gasteiger partial charge in [0, 0.05) is 0 Å². The van der Waals surface area contributed by atoms with Crippen molar-refractivity contribution in [3.63, 3.8) is 0 Å². The smallest absolute Gasteiger partial charge is 0.308 e. The zero-order valence-electron chi connectivity index (χ0n) is 11.0. The van der Waals surface area contributed by atoms with E-state index in [1.165, 1.54) is 25.5 Å². The summed E-state index contributed by atoms with van der Waals surface area (Å²) in [5.41, 5.74) is 1.44. The number of allylic oxidation sites excluding steroid dienone is 2. The Morgan fingerprint density at radius 2 is 2.19 bits per heavy atom. The molecule has 0 radical (unpaired) electrons. The molecule has 0 unspecified atom stereocenters. The van der Waals surface area contributed by atoms with Gasteiger partial charge in [-0.3, -0.25) is 4.79 Å². The van der Waals surface area contributed by atoms with E-state index in [0.717, 1.165) is 24.7 Å². The first kappa shape index (κ1) is 13.3. The van der Waals surface area contributed by atoms with Gasteiger partial charge in [0.05, 0.1) is 13.0 Å². The molecule has 0 spiro atoms. The largest absolute Gasteiger partial charge is 0.469 e. The summed E-state index contributed by atoms with van der Waals surface area (Å²) < 4.78 is 4.75. The van der Waals surface area contributed by atoms with Crippen LogP contribution in [0.3, 0.4) is 0 Å². The topological polar surface area (TPSA) is 26.3 Å². The second-order valence-electron chi connectivity index (χ2n) is 5.27. The molecule has 1 aliphatic carbocycles. The van der Waals surface area contributed by atoms with E-state index in [-0.39, 0.29) is 11.9 Å². The fraction of sp³-hybridized carbons (Fsp3) is 0.786. The van der Waals surface area contributed by atoms with Crippen molar-refractivity contribution in [3.8, 4) is 0 Å². The number of hydrogen-bond acceptors (Lipinski definition) is 2. The summed E-state index contributed by atoms with van der Waals surface area (Å²) >= 11 is 0. The van der Waals surface area contributed by atoms with E-state index in [4.69, 9.17) is 4.74 Å². The minimum absolute atomic E-state index is 0.00634. The van der Waals surface area contributed by atoms with E-state index in [1.54, 1.807) is 0 Å². The Kier molecular flexibility index (Phi) is 5.04. The molecule has 0 aliphatic heterocycles. The number of esters is 1. The Hall–Kier alpha value is -0.790. The van der Waals surface area contributed by atoms with Gasteiger partial charge in [0.25, 0.3) is 0 Å². The molecule has 0 aromatic rings. The lowest BCUT2D eigenvalue weighted by Gasteiger charge is -2.25. The van der Waals surface area contributed by atoms with E-state index in [0.29, 0.717) is 0 Å². The summed E-state index contributed by atoms with van der Waals surface area (Å²) in [5, 5.41) is 0. The van der Waals surface area contributed by atoms with Gasteiger partial charge in [-0.25, -0.2) is 0 Å². The maximum atomic E-state index is 11.3. The molecular weight excluding hydrogens is 200 g/mol. The molecule has 0 N–H and O–H groups in total. The monoisotopic (exact) mass is 224 g/mol. The number of rotatable bonds is 4. The van der Waals surface area contributed by atoms with Crippen LogP contribution in [-0.4, -0.2) is 13.1 Å². The van der Waals surface area contributed by atoms with Crippen LogP contribution >= 0.6 is 0 Å². The summed E-state index contributed by atoms with van der Waals surface area (Å²) in [6.45, 7) is 6.53. The fourth-order valence-electron chi connectivity index (χ4n) is 2.38. The Morgan fingerprint density at radius 3 is 2.62 bits per heavy atom. The molecule has 2 atom stereocenters. The van der Waals surface area contributed by atoms with Crippen molar-refractivity contribution in [2.45, 2.75) is 46.5 Å². The van der Waals surface area contributed by atoms with Crippen LogP contribution in [0.5, 0.6) is 0 Å². The van der Waals surface area contributed by atoms with Crippen molar-refractivity contribution in [1.29, 1.82) is 0 Å². The van der Waals surface area contributed by atoms with Crippen molar-refractivity contribution in [2.75, 3.05) is 7.11 Å². The maximum absolute atomic E-state index is 11.3. The highest BCUT2D eigenvalue weighted by molar-refractivity contribution is 5.72. The van der Waals surface area contributed by atoms with E-state index >= 15 is 0 Å². The molecule has 0 bridgehead atoms. The summed E-state index contributed by atoms with van der Waals surface area (Å²) in [4.78, 5) is 11.3. The summed E-state index contributed by atoms with van der Waals surface area (Å²) in [6, 6.07) is 0. The first-order valence-corrected chi connectivity index (χ1v) is 6.30. The van der Waals surface area contributed by atoms with Crippen LogP contribution in [-0.2, 0) is 9.53 Å². The fourth-order valence-corrected chi connectivity index (χ4v) is 2.38. The number of hydrogen-bond donors (Lipinski definition) is 0. The molecule has 92 valence electrons. The van der Waals surface area contributed by atoms with Crippen molar-refractivity contribution >= 4 is 5.97 Å². The van der Waals surface area contributed by atoms with Gasteiger partial charge in [-0.1, -0.05) is 32.4 Å². The van der Waals surface area contributed by atoms with E-state index < -0.39 is 0 Å². The Labute approximate surface area is 99.1 Å². The second-order valence-corrected chi connectivity index (χ2v) is 5.27. The molecule has 0 fully saturated rings. The van der Waals surface area contributed by atoms with Crippen LogP contribution in [0.1, 0.15) is 46.5 Å². The summed E-state index contributed by atoms with van der Waals surface area (Å²) in [6.07, 6.45) is 6.83. The summed E-state index contributed by atoms with van der Waals surface area (Å²) in [7, 11) is 1.46. The molecule has 16 heavy (non-hydrogen) atoms. The minimum Gasteiger partial charge on any atom is -0.469 e. The zero-order chi connectivity index (χ0) is 12.1. The first-order valence-electron chi connectivity index (χ1n) is 6.30. The third kappa shape index (κ3) is 3.66. The van der Waals surface area contributed by atoms with Crippen LogP contribution in [0, 0.1) is 17.8 Å².